The molecule has 0 fully saturated rings. The summed E-state index contributed by atoms with van der Waals surface area (Å²) in [7, 11) is 0. The van der Waals surface area contributed by atoms with Crippen molar-refractivity contribution in [1.29, 1.82) is 0 Å². The monoisotopic (exact) mass is 263 g/mol. The van der Waals surface area contributed by atoms with Crippen molar-refractivity contribution >= 4 is 28.9 Å². The molecule has 0 aliphatic heterocycles. The molecule has 0 spiro atoms. The lowest BCUT2D eigenvalue weighted by atomic mass is 10.1. The average Bonchev–Trinajstić information content (AvgIpc) is 2.34. The van der Waals surface area contributed by atoms with Crippen LogP contribution in [-0.4, -0.2) is 16.2 Å². The molecule has 0 saturated carbocycles. The number of hydrogen-bond donors (Lipinski definition) is 3. The predicted octanol–water partition coefficient (Wildman–Crippen LogP) is 3.49. The molecular weight excluding hydrogens is 254 g/mol. The van der Waals surface area contributed by atoms with Crippen molar-refractivity contribution in [3.63, 3.8) is 0 Å². The molecule has 0 bridgehead atoms. The van der Waals surface area contributed by atoms with Gasteiger partial charge in [-0.25, -0.2) is 4.79 Å². The molecule has 3 N–H and O–H groups in total. The summed E-state index contributed by atoms with van der Waals surface area (Å²) in [6.07, 6.45) is 0. The number of benzene rings is 2. The molecule has 0 amide bonds. The minimum Gasteiger partial charge on any atom is -0.506 e. The summed E-state index contributed by atoms with van der Waals surface area (Å²) in [6.45, 7) is 0. The number of phenols is 1. The first kappa shape index (κ1) is 12.3. The van der Waals surface area contributed by atoms with E-state index in [4.69, 9.17) is 16.7 Å². The van der Waals surface area contributed by atoms with E-state index in [0.29, 0.717) is 11.4 Å². The summed E-state index contributed by atoms with van der Waals surface area (Å²) in [5, 5.41) is 21.5. The fourth-order valence-electron chi connectivity index (χ4n) is 1.52. The van der Waals surface area contributed by atoms with Gasteiger partial charge in [-0.2, -0.15) is 0 Å². The highest BCUT2D eigenvalue weighted by Crippen LogP contribution is 2.28. The number of carbonyl (C=O) groups is 1. The highest BCUT2D eigenvalue weighted by Gasteiger charge is 2.09. The Morgan fingerprint density at radius 1 is 1.17 bits per heavy atom. The normalized spacial score (nSPS) is 10.1. The predicted molar refractivity (Wildman–Crippen MR) is 69.8 cm³/mol. The van der Waals surface area contributed by atoms with Crippen molar-refractivity contribution in [2.75, 3.05) is 5.32 Å². The quantitative estimate of drug-likeness (QED) is 0.742. The minimum absolute atomic E-state index is 0.0197. The van der Waals surface area contributed by atoms with Crippen LogP contribution in [-0.2, 0) is 0 Å². The number of para-hydroxylation sites is 1. The SMILES string of the molecule is O=C(O)c1ccccc1Nc1ccc(O)c(Cl)c1. The van der Waals surface area contributed by atoms with E-state index in [1.165, 1.54) is 18.2 Å². The first-order valence-corrected chi connectivity index (χ1v) is 5.53. The fourth-order valence-corrected chi connectivity index (χ4v) is 1.70. The first-order chi connectivity index (χ1) is 8.58. The van der Waals surface area contributed by atoms with E-state index in [0.717, 1.165) is 0 Å². The summed E-state index contributed by atoms with van der Waals surface area (Å²) < 4.78 is 0. The molecule has 2 rings (SSSR count). The van der Waals surface area contributed by atoms with Gasteiger partial charge in [0.05, 0.1) is 16.3 Å². The van der Waals surface area contributed by atoms with Crippen molar-refractivity contribution in [3.05, 3.63) is 53.1 Å². The molecule has 5 heteroatoms. The first-order valence-electron chi connectivity index (χ1n) is 5.16. The minimum atomic E-state index is -1.01. The van der Waals surface area contributed by atoms with Crippen LogP contribution in [0.2, 0.25) is 5.02 Å². The Labute approximate surface area is 108 Å². The number of aromatic hydroxyl groups is 1. The van der Waals surface area contributed by atoms with Gasteiger partial charge in [-0.05, 0) is 30.3 Å². The summed E-state index contributed by atoms with van der Waals surface area (Å²) >= 11 is 5.78. The van der Waals surface area contributed by atoms with Gasteiger partial charge in [0, 0.05) is 5.69 Å². The number of rotatable bonds is 3. The Bertz CT molecular complexity index is 599. The van der Waals surface area contributed by atoms with E-state index in [1.54, 1.807) is 24.3 Å². The van der Waals surface area contributed by atoms with E-state index in [1.807, 2.05) is 0 Å². The van der Waals surface area contributed by atoms with Crippen molar-refractivity contribution in [2.45, 2.75) is 0 Å². The summed E-state index contributed by atoms with van der Waals surface area (Å²) in [4.78, 5) is 11.0. The highest BCUT2D eigenvalue weighted by atomic mass is 35.5. The molecule has 0 aliphatic rings. The number of hydrogen-bond acceptors (Lipinski definition) is 3. The number of nitrogens with one attached hydrogen (secondary N) is 1. The van der Waals surface area contributed by atoms with Crippen LogP contribution < -0.4 is 5.32 Å². The van der Waals surface area contributed by atoms with Gasteiger partial charge in [0.2, 0.25) is 0 Å². The summed E-state index contributed by atoms with van der Waals surface area (Å²) in [6, 6.07) is 11.1. The van der Waals surface area contributed by atoms with E-state index >= 15 is 0 Å². The second-order valence-corrected chi connectivity index (χ2v) is 4.05. The lowest BCUT2D eigenvalue weighted by Crippen LogP contribution is -2.02. The van der Waals surface area contributed by atoms with Gasteiger partial charge in [-0.1, -0.05) is 23.7 Å². The topological polar surface area (TPSA) is 69.6 Å². The van der Waals surface area contributed by atoms with E-state index < -0.39 is 5.97 Å². The van der Waals surface area contributed by atoms with Crippen LogP contribution in [0.4, 0.5) is 11.4 Å². The zero-order valence-corrected chi connectivity index (χ0v) is 9.98. The van der Waals surface area contributed by atoms with Crippen LogP contribution in [0.3, 0.4) is 0 Å². The molecular formula is C13H10ClNO3. The third kappa shape index (κ3) is 2.55. The second-order valence-electron chi connectivity index (χ2n) is 3.64. The lowest BCUT2D eigenvalue weighted by Gasteiger charge is -2.10. The maximum absolute atomic E-state index is 11.0. The molecule has 0 aromatic heterocycles. The zero-order chi connectivity index (χ0) is 13.1. The second kappa shape index (κ2) is 4.98. The number of aromatic carboxylic acids is 1. The summed E-state index contributed by atoms with van der Waals surface area (Å²) in [5.74, 6) is -1.03. The van der Waals surface area contributed by atoms with Gasteiger partial charge in [-0.15, -0.1) is 0 Å². The van der Waals surface area contributed by atoms with Crippen molar-refractivity contribution in [2.24, 2.45) is 0 Å². The number of carboxylic acids is 1. The molecule has 18 heavy (non-hydrogen) atoms. The maximum atomic E-state index is 11.0. The summed E-state index contributed by atoms with van der Waals surface area (Å²) in [5.41, 5.74) is 1.24. The van der Waals surface area contributed by atoms with Gasteiger partial charge in [-0.3, -0.25) is 0 Å². The third-order valence-corrected chi connectivity index (χ3v) is 2.69. The number of phenolic OH excluding ortho intramolecular Hbond substituents is 1. The van der Waals surface area contributed by atoms with Crippen molar-refractivity contribution in [1.82, 2.24) is 0 Å². The lowest BCUT2D eigenvalue weighted by molar-refractivity contribution is 0.0698. The fraction of sp³-hybridized carbons (Fsp3) is 0. The van der Waals surface area contributed by atoms with E-state index in [2.05, 4.69) is 5.32 Å². The van der Waals surface area contributed by atoms with Crippen molar-refractivity contribution < 1.29 is 15.0 Å². The van der Waals surface area contributed by atoms with Gasteiger partial charge < -0.3 is 15.5 Å². The molecule has 92 valence electrons. The molecule has 2 aromatic carbocycles. The van der Waals surface area contributed by atoms with Gasteiger partial charge in [0.1, 0.15) is 5.75 Å². The number of carboxylic acid groups (broad SMARTS) is 1. The molecule has 0 aliphatic carbocycles. The Morgan fingerprint density at radius 2 is 1.89 bits per heavy atom. The number of halogens is 1. The standard InChI is InChI=1S/C13H10ClNO3/c14-10-7-8(5-6-12(10)16)15-11-4-2-1-3-9(11)13(17)18/h1-7,15-16H,(H,17,18). The molecule has 4 nitrogen and oxygen atoms in total. The molecule has 0 atom stereocenters. The van der Waals surface area contributed by atoms with Gasteiger partial charge in [0.25, 0.3) is 0 Å². The average molecular weight is 264 g/mol. The molecule has 0 unspecified atom stereocenters. The molecule has 2 aromatic rings. The Hall–Kier alpha value is -2.20. The molecule has 0 saturated heterocycles. The largest absolute Gasteiger partial charge is 0.506 e. The Balaban J connectivity index is 2.34. The van der Waals surface area contributed by atoms with Crippen LogP contribution in [0.1, 0.15) is 10.4 Å². The van der Waals surface area contributed by atoms with Crippen LogP contribution in [0, 0.1) is 0 Å². The van der Waals surface area contributed by atoms with Gasteiger partial charge >= 0.3 is 5.97 Å². The Kier molecular flexibility index (Phi) is 3.39. The van der Waals surface area contributed by atoms with Crippen molar-refractivity contribution in [3.8, 4) is 5.75 Å². The van der Waals surface area contributed by atoms with Crippen LogP contribution in [0.5, 0.6) is 5.75 Å². The Morgan fingerprint density at radius 3 is 2.56 bits per heavy atom. The maximum Gasteiger partial charge on any atom is 0.337 e. The number of anilines is 2. The smallest absolute Gasteiger partial charge is 0.337 e. The van der Waals surface area contributed by atoms with Crippen LogP contribution in [0.25, 0.3) is 0 Å². The van der Waals surface area contributed by atoms with E-state index in [9.17, 15) is 9.90 Å². The highest BCUT2D eigenvalue weighted by molar-refractivity contribution is 6.32. The molecule has 0 heterocycles. The van der Waals surface area contributed by atoms with E-state index in [-0.39, 0.29) is 16.3 Å². The third-order valence-electron chi connectivity index (χ3n) is 2.38. The van der Waals surface area contributed by atoms with Crippen LogP contribution >= 0.6 is 11.6 Å². The zero-order valence-electron chi connectivity index (χ0n) is 9.22. The van der Waals surface area contributed by atoms with Crippen LogP contribution in [0.15, 0.2) is 42.5 Å². The van der Waals surface area contributed by atoms with Gasteiger partial charge in [0.15, 0.2) is 0 Å². The molecule has 0 radical (unpaired) electrons.